The molecule has 1 aromatic carbocycles. The van der Waals surface area contributed by atoms with Crippen LogP contribution < -0.4 is 14.8 Å². The fourth-order valence-corrected chi connectivity index (χ4v) is 4.09. The maximum Gasteiger partial charge on any atom is 0.235 e. The van der Waals surface area contributed by atoms with Gasteiger partial charge in [-0.1, -0.05) is 12.8 Å². The van der Waals surface area contributed by atoms with Gasteiger partial charge in [0, 0.05) is 18.5 Å². The Morgan fingerprint density at radius 2 is 1.78 bits per heavy atom. The molecule has 1 aromatic rings. The molecular weight excluding hydrogens is 318 g/mol. The van der Waals surface area contributed by atoms with Crippen LogP contribution >= 0.6 is 0 Å². The van der Waals surface area contributed by atoms with Crippen LogP contribution in [0.2, 0.25) is 0 Å². The van der Waals surface area contributed by atoms with E-state index in [-0.39, 0.29) is 10.9 Å². The third kappa shape index (κ3) is 3.96. The minimum absolute atomic E-state index is 0.0864. The van der Waals surface area contributed by atoms with Crippen molar-refractivity contribution in [2.45, 2.75) is 43.0 Å². The van der Waals surface area contributed by atoms with Gasteiger partial charge in [-0.15, -0.1) is 0 Å². The molecule has 1 heterocycles. The SMILES string of the molecule is O=C(CS(=O)(=O)c1ccc2c(c1)OCCCO2)NC1CCCC1. The van der Waals surface area contributed by atoms with Crippen LogP contribution in [0.15, 0.2) is 23.1 Å². The van der Waals surface area contributed by atoms with Crippen LogP contribution in [0.3, 0.4) is 0 Å². The summed E-state index contributed by atoms with van der Waals surface area (Å²) < 4.78 is 35.9. The molecule has 0 unspecified atom stereocenters. The van der Waals surface area contributed by atoms with Crippen LogP contribution in [0.1, 0.15) is 32.1 Å². The van der Waals surface area contributed by atoms with Crippen LogP contribution in [-0.2, 0) is 14.6 Å². The summed E-state index contributed by atoms with van der Waals surface area (Å²) in [6.45, 7) is 1.03. The summed E-state index contributed by atoms with van der Waals surface area (Å²) in [5.74, 6) is -0.0241. The molecule has 2 aliphatic rings. The Labute approximate surface area is 136 Å². The van der Waals surface area contributed by atoms with Crippen molar-refractivity contribution in [3.05, 3.63) is 18.2 Å². The Balaban J connectivity index is 1.71. The van der Waals surface area contributed by atoms with E-state index in [2.05, 4.69) is 5.32 Å². The largest absolute Gasteiger partial charge is 0.490 e. The second-order valence-electron chi connectivity index (χ2n) is 5.97. The van der Waals surface area contributed by atoms with E-state index in [1.165, 1.54) is 12.1 Å². The van der Waals surface area contributed by atoms with Crippen molar-refractivity contribution < 1.29 is 22.7 Å². The molecule has 0 aromatic heterocycles. The number of hydrogen-bond donors (Lipinski definition) is 1. The van der Waals surface area contributed by atoms with E-state index in [1.54, 1.807) is 6.07 Å². The zero-order valence-corrected chi connectivity index (χ0v) is 13.7. The zero-order valence-electron chi connectivity index (χ0n) is 12.9. The highest BCUT2D eigenvalue weighted by Gasteiger charge is 2.24. The smallest absolute Gasteiger partial charge is 0.235 e. The number of ether oxygens (including phenoxy) is 2. The molecule has 1 aliphatic carbocycles. The zero-order chi connectivity index (χ0) is 16.3. The van der Waals surface area contributed by atoms with Gasteiger partial charge in [-0.3, -0.25) is 4.79 Å². The fourth-order valence-electron chi connectivity index (χ4n) is 2.93. The number of sulfone groups is 1. The molecule has 126 valence electrons. The Bertz CT molecular complexity index is 680. The van der Waals surface area contributed by atoms with Gasteiger partial charge in [-0.05, 0) is 25.0 Å². The number of carbonyl (C=O) groups is 1. The number of benzene rings is 1. The average molecular weight is 339 g/mol. The second kappa shape index (κ2) is 6.78. The lowest BCUT2D eigenvalue weighted by atomic mass is 10.2. The van der Waals surface area contributed by atoms with Crippen LogP contribution in [-0.4, -0.2) is 39.3 Å². The van der Waals surface area contributed by atoms with Gasteiger partial charge in [0.1, 0.15) is 5.75 Å². The quantitative estimate of drug-likeness (QED) is 0.902. The van der Waals surface area contributed by atoms with E-state index in [0.29, 0.717) is 24.7 Å². The number of rotatable bonds is 4. The van der Waals surface area contributed by atoms with Crippen molar-refractivity contribution in [2.24, 2.45) is 0 Å². The number of nitrogens with one attached hydrogen (secondary N) is 1. The van der Waals surface area contributed by atoms with Crippen molar-refractivity contribution in [1.82, 2.24) is 5.32 Å². The van der Waals surface area contributed by atoms with Gasteiger partial charge in [0.05, 0.1) is 18.1 Å². The summed E-state index contributed by atoms with van der Waals surface area (Å²) in [6.07, 6.45) is 4.77. The first kappa shape index (κ1) is 16.1. The van der Waals surface area contributed by atoms with Crippen molar-refractivity contribution in [3.63, 3.8) is 0 Å². The highest BCUT2D eigenvalue weighted by atomic mass is 32.2. The molecule has 1 amide bonds. The van der Waals surface area contributed by atoms with Gasteiger partial charge in [0.25, 0.3) is 0 Å². The molecule has 1 fully saturated rings. The molecular formula is C16H21NO5S. The van der Waals surface area contributed by atoms with Crippen molar-refractivity contribution in [1.29, 1.82) is 0 Å². The van der Waals surface area contributed by atoms with Gasteiger partial charge in [0.2, 0.25) is 5.91 Å². The van der Waals surface area contributed by atoms with Gasteiger partial charge >= 0.3 is 0 Å². The summed E-state index contributed by atoms with van der Waals surface area (Å²) in [4.78, 5) is 12.1. The first-order valence-electron chi connectivity index (χ1n) is 7.96. The maximum absolute atomic E-state index is 12.4. The molecule has 0 spiro atoms. The van der Waals surface area contributed by atoms with E-state index in [9.17, 15) is 13.2 Å². The van der Waals surface area contributed by atoms with Crippen molar-refractivity contribution in [3.8, 4) is 11.5 Å². The second-order valence-corrected chi connectivity index (χ2v) is 7.96. The van der Waals surface area contributed by atoms with Crippen LogP contribution in [0.25, 0.3) is 0 Å². The summed E-state index contributed by atoms with van der Waals surface area (Å²) in [5.41, 5.74) is 0. The lowest BCUT2D eigenvalue weighted by Gasteiger charge is -2.13. The molecule has 3 rings (SSSR count). The number of fused-ring (bicyclic) bond motifs is 1. The van der Waals surface area contributed by atoms with Crippen LogP contribution in [0, 0.1) is 0 Å². The molecule has 1 saturated carbocycles. The van der Waals surface area contributed by atoms with E-state index in [1.807, 2.05) is 0 Å². The highest BCUT2D eigenvalue weighted by molar-refractivity contribution is 7.92. The molecule has 0 bridgehead atoms. The molecule has 7 heteroatoms. The van der Waals surface area contributed by atoms with E-state index in [4.69, 9.17) is 9.47 Å². The lowest BCUT2D eigenvalue weighted by Crippen LogP contribution is -2.36. The third-order valence-corrected chi connectivity index (χ3v) is 5.73. The summed E-state index contributed by atoms with van der Waals surface area (Å²) >= 11 is 0. The van der Waals surface area contributed by atoms with Crippen molar-refractivity contribution in [2.75, 3.05) is 19.0 Å². The normalized spacial score (nSPS) is 18.4. The summed E-state index contributed by atoms with van der Waals surface area (Å²) in [5, 5.41) is 2.80. The van der Waals surface area contributed by atoms with E-state index in [0.717, 1.165) is 32.1 Å². The standard InChI is InChI=1S/C16H21NO5S/c18-16(17-12-4-1-2-5-12)11-23(19,20)13-6-7-14-15(10-13)22-9-3-8-21-14/h6-7,10,12H,1-5,8-9,11H2,(H,17,18). The Morgan fingerprint density at radius 1 is 1.09 bits per heavy atom. The average Bonchev–Trinajstić information content (AvgIpc) is 2.88. The number of carbonyl (C=O) groups excluding carboxylic acids is 1. The molecule has 23 heavy (non-hydrogen) atoms. The van der Waals surface area contributed by atoms with E-state index < -0.39 is 21.5 Å². The molecule has 0 atom stereocenters. The summed E-state index contributed by atoms with van der Waals surface area (Å²) in [6, 6.07) is 4.61. The topological polar surface area (TPSA) is 81.7 Å². The Morgan fingerprint density at radius 3 is 2.52 bits per heavy atom. The monoisotopic (exact) mass is 339 g/mol. The fraction of sp³-hybridized carbons (Fsp3) is 0.562. The van der Waals surface area contributed by atoms with Crippen LogP contribution in [0.5, 0.6) is 11.5 Å². The predicted octanol–water partition coefficient (Wildman–Crippen LogP) is 1.68. The Hall–Kier alpha value is -1.76. The molecule has 1 N–H and O–H groups in total. The molecule has 1 aliphatic heterocycles. The number of hydrogen-bond acceptors (Lipinski definition) is 5. The van der Waals surface area contributed by atoms with E-state index >= 15 is 0 Å². The van der Waals surface area contributed by atoms with Gasteiger partial charge < -0.3 is 14.8 Å². The molecule has 0 radical (unpaired) electrons. The minimum Gasteiger partial charge on any atom is -0.490 e. The van der Waals surface area contributed by atoms with Gasteiger partial charge in [-0.25, -0.2) is 8.42 Å². The van der Waals surface area contributed by atoms with Gasteiger partial charge in [-0.2, -0.15) is 0 Å². The third-order valence-electron chi connectivity index (χ3n) is 4.12. The highest BCUT2D eigenvalue weighted by Crippen LogP contribution is 2.32. The Kier molecular flexibility index (Phi) is 4.75. The lowest BCUT2D eigenvalue weighted by molar-refractivity contribution is -0.119. The molecule has 0 saturated heterocycles. The summed E-state index contributed by atoms with van der Waals surface area (Å²) in [7, 11) is -3.69. The van der Waals surface area contributed by atoms with Gasteiger partial charge in [0.15, 0.2) is 21.3 Å². The number of amides is 1. The first-order chi connectivity index (χ1) is 11.0. The van der Waals surface area contributed by atoms with Crippen molar-refractivity contribution >= 4 is 15.7 Å². The minimum atomic E-state index is -3.69. The molecule has 6 nitrogen and oxygen atoms in total. The maximum atomic E-state index is 12.4. The van der Waals surface area contributed by atoms with Crippen LogP contribution in [0.4, 0.5) is 0 Å². The first-order valence-corrected chi connectivity index (χ1v) is 9.61. The predicted molar refractivity (Wildman–Crippen MR) is 84.5 cm³/mol.